The maximum atomic E-state index is 12.3. The quantitative estimate of drug-likeness (QED) is 0.0895. The highest BCUT2D eigenvalue weighted by Crippen LogP contribution is 2.39. The molecule has 0 spiro atoms. The van der Waals surface area contributed by atoms with E-state index in [2.05, 4.69) is 11.4 Å². The van der Waals surface area contributed by atoms with Gasteiger partial charge in [-0.2, -0.15) is 0 Å². The van der Waals surface area contributed by atoms with E-state index in [9.17, 15) is 24.9 Å². The third kappa shape index (κ3) is 10.7. The molecule has 0 radical (unpaired) electrons. The van der Waals surface area contributed by atoms with Crippen molar-refractivity contribution in [3.05, 3.63) is 125 Å². The number of aliphatic carboxylic acids is 1. The Bertz CT molecular complexity index is 1710. The summed E-state index contributed by atoms with van der Waals surface area (Å²) in [5.41, 5.74) is 6.18. The molecule has 1 heterocycles. The van der Waals surface area contributed by atoms with Gasteiger partial charge in [0.05, 0.1) is 24.9 Å². The lowest BCUT2D eigenvalue weighted by Gasteiger charge is -2.38. The van der Waals surface area contributed by atoms with Crippen LogP contribution in [-0.2, 0) is 32.2 Å². The third-order valence-electron chi connectivity index (χ3n) is 8.82. The minimum Gasteiger partial charge on any atom is -0.508 e. The van der Waals surface area contributed by atoms with Crippen LogP contribution in [0, 0.1) is 0 Å². The van der Waals surface area contributed by atoms with E-state index in [4.69, 9.17) is 14.6 Å². The van der Waals surface area contributed by atoms with Gasteiger partial charge in [-0.05, 0) is 77.5 Å². The summed E-state index contributed by atoms with van der Waals surface area (Å²) in [6, 6.07) is 30.4. The molecule has 4 atom stereocenters. The van der Waals surface area contributed by atoms with Crippen molar-refractivity contribution < 1.29 is 39.5 Å². The van der Waals surface area contributed by atoms with E-state index in [0.717, 1.165) is 33.4 Å². The fourth-order valence-corrected chi connectivity index (χ4v) is 6.16. The Morgan fingerprint density at radius 1 is 0.860 bits per heavy atom. The lowest BCUT2D eigenvalue weighted by molar-refractivity contribution is -0.252. The fourth-order valence-electron chi connectivity index (χ4n) is 6.16. The van der Waals surface area contributed by atoms with Crippen LogP contribution < -0.4 is 5.32 Å². The largest absolute Gasteiger partial charge is 0.508 e. The molecule has 1 saturated heterocycles. The van der Waals surface area contributed by atoms with Crippen LogP contribution in [0.15, 0.2) is 97.1 Å². The summed E-state index contributed by atoms with van der Waals surface area (Å²) < 4.78 is 13.2. The highest BCUT2D eigenvalue weighted by Gasteiger charge is 2.33. The number of phenols is 1. The fraction of sp³-hybridized carbons (Fsp3) is 0.350. The molecular weight excluding hydrogens is 636 g/mol. The minimum absolute atomic E-state index is 0.0402. The number of aliphatic hydroxyl groups is 2. The Balaban J connectivity index is 1.28. The molecule has 264 valence electrons. The number of nitrogens with one attached hydrogen (secondary N) is 1. The van der Waals surface area contributed by atoms with Gasteiger partial charge in [-0.15, -0.1) is 0 Å². The number of carboxylic acids is 1. The number of carbonyl (C=O) groups excluding carboxylic acids is 1. The van der Waals surface area contributed by atoms with Crippen molar-refractivity contribution >= 4 is 11.9 Å². The monoisotopic (exact) mass is 682 g/mol. The Morgan fingerprint density at radius 2 is 1.58 bits per heavy atom. The van der Waals surface area contributed by atoms with Crippen LogP contribution in [0.3, 0.4) is 0 Å². The number of phenolic OH excluding ortho intramolecular Hbond substituents is 1. The van der Waals surface area contributed by atoms with Crippen molar-refractivity contribution in [2.24, 2.45) is 0 Å². The number of likely N-dealkylation sites (N-methyl/N-ethyl adjacent to an activating group) is 1. The zero-order valence-corrected chi connectivity index (χ0v) is 28.3. The van der Waals surface area contributed by atoms with Crippen LogP contribution in [0.2, 0.25) is 0 Å². The number of benzene rings is 4. The zero-order chi connectivity index (χ0) is 35.5. The summed E-state index contributed by atoms with van der Waals surface area (Å²) in [6.45, 7) is 1.21. The van der Waals surface area contributed by atoms with Crippen LogP contribution in [0.1, 0.15) is 78.4 Å². The standard InChI is InChI=1S/C40H46N2O8/c1-42(25-36(45)32-10-6-12-34(44)21-32)24-35-22-37(29-17-15-27(26-43)16-18-29)50-40(49-35)33-11-5-9-31(20-33)30-8-4-7-28(19-30)23-41-38(46)13-2-3-14-39(47)48/h4-12,15-21,35-37,40,43-45H,2-3,13-14,22-26H2,1H3,(H,41,46)(H,47,48)/t35-,36-,37+,40+/m1/s1. The second kappa shape index (κ2) is 17.9. The van der Waals surface area contributed by atoms with Gasteiger partial charge < -0.3 is 40.1 Å². The maximum Gasteiger partial charge on any atom is 0.303 e. The second-order valence-electron chi connectivity index (χ2n) is 12.9. The number of aromatic hydroxyl groups is 1. The van der Waals surface area contributed by atoms with Crippen LogP contribution >= 0.6 is 0 Å². The van der Waals surface area contributed by atoms with E-state index >= 15 is 0 Å². The molecule has 10 nitrogen and oxygen atoms in total. The summed E-state index contributed by atoms with van der Waals surface area (Å²) in [5, 5.41) is 42.0. The lowest BCUT2D eigenvalue weighted by Crippen LogP contribution is -2.39. The van der Waals surface area contributed by atoms with Crippen LogP contribution in [-0.4, -0.2) is 63.4 Å². The number of rotatable bonds is 16. The molecule has 50 heavy (non-hydrogen) atoms. The maximum absolute atomic E-state index is 12.3. The van der Waals surface area contributed by atoms with Crippen molar-refractivity contribution in [1.29, 1.82) is 0 Å². The van der Waals surface area contributed by atoms with Crippen molar-refractivity contribution in [2.75, 3.05) is 20.1 Å². The van der Waals surface area contributed by atoms with Gasteiger partial charge in [0.1, 0.15) is 5.75 Å². The Labute approximate surface area is 292 Å². The highest BCUT2D eigenvalue weighted by atomic mass is 16.7. The summed E-state index contributed by atoms with van der Waals surface area (Å²) in [6.07, 6.45) is 0.00933. The first kappa shape index (κ1) is 36.7. The molecule has 4 aromatic rings. The van der Waals surface area contributed by atoms with E-state index in [-0.39, 0.29) is 43.3 Å². The number of nitrogens with zero attached hydrogens (tertiary/aromatic N) is 1. The average Bonchev–Trinajstić information content (AvgIpc) is 3.12. The molecule has 1 fully saturated rings. The SMILES string of the molecule is CN(C[C@H]1C[C@@H](c2ccc(CO)cc2)O[C@@H](c2cccc(-c3cccc(CNC(=O)CCCCC(=O)O)c3)c2)O1)C[C@@H](O)c1cccc(O)c1. The highest BCUT2D eigenvalue weighted by molar-refractivity contribution is 5.76. The van der Waals surface area contributed by atoms with E-state index in [1.54, 1.807) is 24.3 Å². The number of hydrogen-bond donors (Lipinski definition) is 5. The van der Waals surface area contributed by atoms with E-state index < -0.39 is 18.4 Å². The number of carboxylic acid groups (broad SMARTS) is 1. The number of hydrogen-bond acceptors (Lipinski definition) is 8. The molecule has 1 aliphatic heterocycles. The summed E-state index contributed by atoms with van der Waals surface area (Å²) >= 11 is 0. The molecule has 0 aromatic heterocycles. The molecule has 4 aromatic carbocycles. The Morgan fingerprint density at radius 3 is 2.32 bits per heavy atom. The molecule has 0 saturated carbocycles. The van der Waals surface area contributed by atoms with E-state index in [1.807, 2.05) is 78.7 Å². The van der Waals surface area contributed by atoms with Gasteiger partial charge in [0.2, 0.25) is 5.91 Å². The predicted octanol–water partition coefficient (Wildman–Crippen LogP) is 6.02. The Hall–Kier alpha value is -4.58. The van der Waals surface area contributed by atoms with E-state index in [1.165, 1.54) is 0 Å². The first-order valence-corrected chi connectivity index (χ1v) is 17.0. The van der Waals surface area contributed by atoms with Crippen LogP contribution in [0.5, 0.6) is 5.75 Å². The van der Waals surface area contributed by atoms with Gasteiger partial charge >= 0.3 is 5.97 Å². The second-order valence-corrected chi connectivity index (χ2v) is 12.9. The first-order chi connectivity index (χ1) is 24.2. The molecule has 5 N–H and O–H groups in total. The summed E-state index contributed by atoms with van der Waals surface area (Å²) in [5.74, 6) is -0.853. The topological polar surface area (TPSA) is 149 Å². The van der Waals surface area contributed by atoms with Crippen molar-refractivity contribution in [1.82, 2.24) is 10.2 Å². The average molecular weight is 683 g/mol. The molecule has 0 unspecified atom stereocenters. The summed E-state index contributed by atoms with van der Waals surface area (Å²) in [4.78, 5) is 25.0. The zero-order valence-electron chi connectivity index (χ0n) is 28.3. The van der Waals surface area contributed by atoms with Crippen molar-refractivity contribution in [3.8, 4) is 16.9 Å². The smallest absolute Gasteiger partial charge is 0.303 e. The minimum atomic E-state index is -0.855. The molecule has 10 heteroatoms. The van der Waals surface area contributed by atoms with Crippen LogP contribution in [0.4, 0.5) is 0 Å². The molecule has 0 bridgehead atoms. The van der Waals surface area contributed by atoms with Crippen molar-refractivity contribution in [2.45, 2.75) is 69.9 Å². The first-order valence-electron chi connectivity index (χ1n) is 17.0. The normalized spacial score (nSPS) is 18.1. The van der Waals surface area contributed by atoms with Crippen molar-refractivity contribution in [3.63, 3.8) is 0 Å². The number of aliphatic hydroxyl groups excluding tert-OH is 2. The third-order valence-corrected chi connectivity index (χ3v) is 8.82. The molecule has 1 amide bonds. The van der Waals surface area contributed by atoms with Crippen LogP contribution in [0.25, 0.3) is 11.1 Å². The number of ether oxygens (including phenoxy) is 2. The summed E-state index contributed by atoms with van der Waals surface area (Å²) in [7, 11) is 1.93. The number of carbonyl (C=O) groups is 2. The molecule has 1 aliphatic rings. The number of unbranched alkanes of at least 4 members (excludes halogenated alkanes) is 1. The predicted molar refractivity (Wildman–Crippen MR) is 189 cm³/mol. The van der Waals surface area contributed by atoms with Gasteiger partial charge in [0.25, 0.3) is 0 Å². The molecular formula is C40H46N2O8. The van der Waals surface area contributed by atoms with Gasteiger partial charge in [-0.3, -0.25) is 9.59 Å². The van der Waals surface area contributed by atoms with Gasteiger partial charge in [-0.1, -0.05) is 72.8 Å². The van der Waals surface area contributed by atoms with Gasteiger partial charge in [0.15, 0.2) is 6.29 Å². The molecule has 5 rings (SSSR count). The number of amides is 1. The Kier molecular flexibility index (Phi) is 13.1. The lowest BCUT2D eigenvalue weighted by atomic mass is 9.98. The van der Waals surface area contributed by atoms with E-state index in [0.29, 0.717) is 44.5 Å². The van der Waals surface area contributed by atoms with Gasteiger partial charge in [0, 0.05) is 44.5 Å². The molecule has 0 aliphatic carbocycles. The van der Waals surface area contributed by atoms with Gasteiger partial charge in [-0.25, -0.2) is 0 Å².